The van der Waals surface area contributed by atoms with Gasteiger partial charge in [-0.05, 0) is 48.2 Å². The Hall–Kier alpha value is -2.25. The number of ether oxygens (including phenoxy) is 1. The van der Waals surface area contributed by atoms with E-state index in [0.717, 1.165) is 24.3 Å². The van der Waals surface area contributed by atoms with Gasteiger partial charge in [0.2, 0.25) is 0 Å². The smallest absolute Gasteiger partial charge is 0.406 e. The number of rotatable bonds is 4. The average Bonchev–Trinajstić information content (AvgIpc) is 2.45. The van der Waals surface area contributed by atoms with Gasteiger partial charge in [0, 0.05) is 0 Å². The lowest BCUT2D eigenvalue weighted by molar-refractivity contribution is -0.274. The van der Waals surface area contributed by atoms with Crippen LogP contribution in [0, 0.1) is 5.82 Å². The van der Waals surface area contributed by atoms with Crippen molar-refractivity contribution >= 4 is 0 Å². The van der Waals surface area contributed by atoms with Gasteiger partial charge in [-0.25, -0.2) is 4.39 Å². The van der Waals surface area contributed by atoms with Gasteiger partial charge in [0.05, 0.1) is 5.56 Å². The molecule has 0 fully saturated rings. The molecule has 24 heavy (non-hydrogen) atoms. The molecule has 2 aromatic carbocycles. The SMILES string of the molecule is Fc1ccc(CCc2ccc(OC(F)(F)F)cc2)cc1C(F)(F)F. The van der Waals surface area contributed by atoms with Crippen LogP contribution in [0.5, 0.6) is 5.75 Å². The molecule has 1 nitrogen and oxygen atoms in total. The number of hydrogen-bond acceptors (Lipinski definition) is 1. The summed E-state index contributed by atoms with van der Waals surface area (Å²) < 4.78 is 90.9. The van der Waals surface area contributed by atoms with Crippen LogP contribution in [0.15, 0.2) is 42.5 Å². The second-order valence-corrected chi connectivity index (χ2v) is 5.00. The second kappa shape index (κ2) is 6.70. The molecule has 2 rings (SSSR count). The Morgan fingerprint density at radius 3 is 1.83 bits per heavy atom. The van der Waals surface area contributed by atoms with Crippen molar-refractivity contribution in [1.82, 2.24) is 0 Å². The van der Waals surface area contributed by atoms with E-state index in [2.05, 4.69) is 4.74 Å². The minimum Gasteiger partial charge on any atom is -0.406 e. The van der Waals surface area contributed by atoms with E-state index in [0.29, 0.717) is 5.56 Å². The molecule has 0 unspecified atom stereocenters. The van der Waals surface area contributed by atoms with E-state index in [1.165, 1.54) is 18.2 Å². The molecule has 0 N–H and O–H groups in total. The lowest BCUT2D eigenvalue weighted by Gasteiger charge is -2.11. The van der Waals surface area contributed by atoms with Crippen molar-refractivity contribution in [2.24, 2.45) is 0 Å². The zero-order valence-corrected chi connectivity index (χ0v) is 12.0. The number of alkyl halides is 6. The molecule has 0 aliphatic heterocycles. The Labute approximate surface area is 132 Å². The molecule has 8 heteroatoms. The maximum atomic E-state index is 13.2. The monoisotopic (exact) mass is 352 g/mol. The van der Waals surface area contributed by atoms with Gasteiger partial charge >= 0.3 is 12.5 Å². The molecule has 130 valence electrons. The average molecular weight is 352 g/mol. The normalized spacial score (nSPS) is 12.3. The maximum absolute atomic E-state index is 13.2. The number of benzene rings is 2. The van der Waals surface area contributed by atoms with E-state index in [9.17, 15) is 30.7 Å². The minimum atomic E-state index is -4.79. The predicted octanol–water partition coefficient (Wildman–Crippen LogP) is 5.53. The number of hydrogen-bond donors (Lipinski definition) is 0. The molecule has 0 atom stereocenters. The molecule has 0 aromatic heterocycles. The van der Waals surface area contributed by atoms with Crippen LogP contribution in [0.1, 0.15) is 16.7 Å². The first kappa shape index (κ1) is 18.1. The zero-order valence-electron chi connectivity index (χ0n) is 12.0. The van der Waals surface area contributed by atoms with Crippen molar-refractivity contribution in [1.29, 1.82) is 0 Å². The lowest BCUT2D eigenvalue weighted by atomic mass is 10.0. The van der Waals surface area contributed by atoms with E-state index >= 15 is 0 Å². The van der Waals surface area contributed by atoms with Crippen molar-refractivity contribution in [2.45, 2.75) is 25.4 Å². The number of aryl methyl sites for hydroxylation is 2. The van der Waals surface area contributed by atoms with Gasteiger partial charge in [0.1, 0.15) is 11.6 Å². The molecular weight excluding hydrogens is 341 g/mol. The summed E-state index contributed by atoms with van der Waals surface area (Å²) in [5, 5.41) is 0. The van der Waals surface area contributed by atoms with Gasteiger partial charge in [0.25, 0.3) is 0 Å². The highest BCUT2D eigenvalue weighted by molar-refractivity contribution is 5.30. The fraction of sp³-hybridized carbons (Fsp3) is 0.250. The zero-order chi connectivity index (χ0) is 18.0. The second-order valence-electron chi connectivity index (χ2n) is 5.00. The Balaban J connectivity index is 2.03. The largest absolute Gasteiger partial charge is 0.573 e. The third-order valence-electron chi connectivity index (χ3n) is 3.20. The van der Waals surface area contributed by atoms with E-state index in [-0.39, 0.29) is 24.2 Å². The van der Waals surface area contributed by atoms with Gasteiger partial charge in [-0.3, -0.25) is 0 Å². The predicted molar refractivity (Wildman–Crippen MR) is 71.9 cm³/mol. The molecule has 0 saturated carbocycles. The Kier molecular flexibility index (Phi) is 5.05. The third-order valence-corrected chi connectivity index (χ3v) is 3.20. The molecule has 0 heterocycles. The fourth-order valence-corrected chi connectivity index (χ4v) is 2.09. The summed E-state index contributed by atoms with van der Waals surface area (Å²) in [7, 11) is 0. The Morgan fingerprint density at radius 2 is 1.29 bits per heavy atom. The molecule has 0 radical (unpaired) electrons. The Morgan fingerprint density at radius 1 is 0.750 bits per heavy atom. The van der Waals surface area contributed by atoms with Crippen LogP contribution in [0.3, 0.4) is 0 Å². The topological polar surface area (TPSA) is 9.23 Å². The maximum Gasteiger partial charge on any atom is 0.573 e. The van der Waals surface area contributed by atoms with Crippen LogP contribution in [-0.2, 0) is 19.0 Å². The molecular formula is C16H11F7O. The highest BCUT2D eigenvalue weighted by Gasteiger charge is 2.34. The van der Waals surface area contributed by atoms with Crippen molar-refractivity contribution in [2.75, 3.05) is 0 Å². The van der Waals surface area contributed by atoms with Crippen LogP contribution >= 0.6 is 0 Å². The summed E-state index contributed by atoms with van der Waals surface area (Å²) in [6, 6.07) is 7.73. The van der Waals surface area contributed by atoms with Crippen molar-refractivity contribution in [3.63, 3.8) is 0 Å². The molecule has 0 amide bonds. The molecule has 0 aliphatic rings. The first-order chi connectivity index (χ1) is 11.0. The summed E-state index contributed by atoms with van der Waals surface area (Å²) in [5.74, 6) is -1.73. The van der Waals surface area contributed by atoms with Gasteiger partial charge in [-0.15, -0.1) is 13.2 Å². The highest BCUT2D eigenvalue weighted by Crippen LogP contribution is 2.32. The van der Waals surface area contributed by atoms with E-state index in [1.54, 1.807) is 0 Å². The summed E-state index contributed by atoms with van der Waals surface area (Å²) in [6.45, 7) is 0. The van der Waals surface area contributed by atoms with Crippen LogP contribution in [0.25, 0.3) is 0 Å². The third kappa shape index (κ3) is 5.14. The van der Waals surface area contributed by atoms with Crippen LogP contribution < -0.4 is 4.74 Å². The first-order valence-corrected chi connectivity index (χ1v) is 6.75. The van der Waals surface area contributed by atoms with Gasteiger partial charge < -0.3 is 4.74 Å². The summed E-state index contributed by atoms with van der Waals surface area (Å²) >= 11 is 0. The molecule has 0 saturated heterocycles. The van der Waals surface area contributed by atoms with Crippen LogP contribution in [0.4, 0.5) is 30.7 Å². The summed E-state index contributed by atoms with van der Waals surface area (Å²) in [4.78, 5) is 0. The van der Waals surface area contributed by atoms with Crippen LogP contribution in [0.2, 0.25) is 0 Å². The molecule has 0 spiro atoms. The molecule has 0 aliphatic carbocycles. The van der Waals surface area contributed by atoms with Gasteiger partial charge in [-0.1, -0.05) is 18.2 Å². The minimum absolute atomic E-state index is 0.183. The number of halogens is 7. The van der Waals surface area contributed by atoms with Crippen molar-refractivity contribution < 1.29 is 35.5 Å². The molecule has 0 bridgehead atoms. The standard InChI is InChI=1S/C16H11F7O/c17-14-8-5-11(9-13(14)15(18,19)20)2-1-10-3-6-12(7-4-10)24-16(21,22)23/h3-9H,1-2H2. The van der Waals surface area contributed by atoms with E-state index in [1.807, 2.05) is 0 Å². The Bertz CT molecular complexity index is 687. The van der Waals surface area contributed by atoms with Crippen molar-refractivity contribution in [3.8, 4) is 5.75 Å². The summed E-state index contributed by atoms with van der Waals surface area (Å²) in [6.07, 6.45) is -9.10. The van der Waals surface area contributed by atoms with E-state index in [4.69, 9.17) is 0 Å². The first-order valence-electron chi connectivity index (χ1n) is 6.75. The van der Waals surface area contributed by atoms with Gasteiger partial charge in [-0.2, -0.15) is 13.2 Å². The lowest BCUT2D eigenvalue weighted by Crippen LogP contribution is -2.17. The quantitative estimate of drug-likeness (QED) is 0.658. The summed E-state index contributed by atoms with van der Waals surface area (Å²) in [5.41, 5.74) is -0.448. The highest BCUT2D eigenvalue weighted by atomic mass is 19.4. The fourth-order valence-electron chi connectivity index (χ4n) is 2.09. The van der Waals surface area contributed by atoms with E-state index < -0.39 is 23.9 Å². The van der Waals surface area contributed by atoms with Gasteiger partial charge in [0.15, 0.2) is 0 Å². The van der Waals surface area contributed by atoms with Crippen molar-refractivity contribution in [3.05, 3.63) is 65.0 Å². The molecule has 2 aromatic rings. The van der Waals surface area contributed by atoms with Crippen LogP contribution in [-0.4, -0.2) is 6.36 Å².